The molecule has 0 spiro atoms. The number of benzene rings is 3. The van der Waals surface area contributed by atoms with Crippen LogP contribution in [0.5, 0.6) is 11.5 Å². The lowest BCUT2D eigenvalue weighted by molar-refractivity contribution is -0.118. The van der Waals surface area contributed by atoms with E-state index in [0.29, 0.717) is 22.5 Å². The van der Waals surface area contributed by atoms with Gasteiger partial charge < -0.3 is 24.5 Å². The van der Waals surface area contributed by atoms with E-state index in [1.807, 2.05) is 0 Å². The molecule has 0 radical (unpaired) electrons. The molecule has 7 nitrogen and oxygen atoms in total. The molecule has 3 aromatic carbocycles. The number of hydrogen-bond acceptors (Lipinski definition) is 5. The fraction of sp³-hybridized carbons (Fsp3) is 0.0833. The summed E-state index contributed by atoms with van der Waals surface area (Å²) in [4.78, 5) is 25.4. The van der Waals surface area contributed by atoms with Gasteiger partial charge in [0.05, 0.1) is 7.11 Å². The Morgan fingerprint density at radius 3 is 2.47 bits per heavy atom. The van der Waals surface area contributed by atoms with E-state index in [9.17, 15) is 14.0 Å². The van der Waals surface area contributed by atoms with Gasteiger partial charge >= 0.3 is 0 Å². The number of para-hydroxylation sites is 3. The molecule has 0 aliphatic carbocycles. The third-order valence-corrected chi connectivity index (χ3v) is 4.58. The summed E-state index contributed by atoms with van der Waals surface area (Å²) in [6.07, 6.45) is 0. The molecular formula is C24H19FN2O5. The molecule has 0 saturated heterocycles. The van der Waals surface area contributed by atoms with Crippen molar-refractivity contribution in [1.29, 1.82) is 0 Å². The fourth-order valence-electron chi connectivity index (χ4n) is 3.14. The van der Waals surface area contributed by atoms with Gasteiger partial charge in [0, 0.05) is 11.1 Å². The summed E-state index contributed by atoms with van der Waals surface area (Å²) in [5, 5.41) is 5.80. The Morgan fingerprint density at radius 1 is 0.938 bits per heavy atom. The number of amides is 2. The number of fused-ring (bicyclic) bond motifs is 1. The summed E-state index contributed by atoms with van der Waals surface area (Å²) >= 11 is 0. The molecule has 32 heavy (non-hydrogen) atoms. The monoisotopic (exact) mass is 434 g/mol. The fourth-order valence-corrected chi connectivity index (χ4v) is 3.14. The first-order valence-corrected chi connectivity index (χ1v) is 9.69. The van der Waals surface area contributed by atoms with E-state index in [2.05, 4.69) is 10.6 Å². The molecule has 0 saturated carbocycles. The maximum Gasteiger partial charge on any atom is 0.293 e. The van der Waals surface area contributed by atoms with Gasteiger partial charge in [0.1, 0.15) is 17.1 Å². The molecule has 0 fully saturated rings. The number of carbonyl (C=O) groups is 2. The summed E-state index contributed by atoms with van der Waals surface area (Å²) in [5.74, 6) is -0.832. The lowest BCUT2D eigenvalue weighted by Gasteiger charge is -2.11. The molecule has 2 N–H and O–H groups in total. The lowest BCUT2D eigenvalue weighted by atomic mass is 10.2. The van der Waals surface area contributed by atoms with Gasteiger partial charge in [-0.3, -0.25) is 9.59 Å². The van der Waals surface area contributed by atoms with Crippen LogP contribution in [-0.2, 0) is 4.79 Å². The molecule has 0 unspecified atom stereocenters. The van der Waals surface area contributed by atoms with E-state index in [1.165, 1.54) is 25.3 Å². The standard InChI is InChI=1S/C24H19FN2O5/c1-30-19-11-4-5-12-20(19)31-14-21(28)27-22-17-9-2-3-10-18(17)32-23(22)24(29)26-16-8-6-7-15(25)13-16/h2-13H,14H2,1H3,(H,26,29)(H,27,28). The summed E-state index contributed by atoms with van der Waals surface area (Å²) in [6.45, 7) is -0.315. The van der Waals surface area contributed by atoms with Crippen LogP contribution in [0.25, 0.3) is 11.0 Å². The van der Waals surface area contributed by atoms with Crippen molar-refractivity contribution in [2.24, 2.45) is 0 Å². The number of furan rings is 1. The molecule has 2 amide bonds. The maximum absolute atomic E-state index is 13.5. The third kappa shape index (κ3) is 4.54. The second kappa shape index (κ2) is 9.22. The van der Waals surface area contributed by atoms with Gasteiger partial charge in [0.15, 0.2) is 18.1 Å². The van der Waals surface area contributed by atoms with Crippen molar-refractivity contribution in [1.82, 2.24) is 0 Å². The second-order valence-corrected chi connectivity index (χ2v) is 6.75. The molecule has 4 aromatic rings. The smallest absolute Gasteiger partial charge is 0.293 e. The van der Waals surface area contributed by atoms with E-state index >= 15 is 0 Å². The quantitative estimate of drug-likeness (QED) is 0.434. The minimum atomic E-state index is -0.632. The number of ether oxygens (including phenoxy) is 2. The molecule has 4 rings (SSSR count). The van der Waals surface area contributed by atoms with Gasteiger partial charge in [0.2, 0.25) is 5.76 Å². The third-order valence-electron chi connectivity index (χ3n) is 4.58. The molecular weight excluding hydrogens is 415 g/mol. The van der Waals surface area contributed by atoms with E-state index in [4.69, 9.17) is 13.9 Å². The number of carbonyl (C=O) groups excluding carboxylic acids is 2. The number of hydrogen-bond donors (Lipinski definition) is 2. The number of nitrogens with one attached hydrogen (secondary N) is 2. The first kappa shape index (κ1) is 20.9. The maximum atomic E-state index is 13.5. The summed E-state index contributed by atoms with van der Waals surface area (Å²) in [5.41, 5.74) is 0.869. The predicted octanol–water partition coefficient (Wildman–Crippen LogP) is 4.85. The Bertz CT molecular complexity index is 1280. The molecule has 162 valence electrons. The van der Waals surface area contributed by atoms with Crippen molar-refractivity contribution in [3.8, 4) is 11.5 Å². The van der Waals surface area contributed by atoms with E-state index in [0.717, 1.165) is 0 Å². The van der Waals surface area contributed by atoms with Crippen LogP contribution in [0.15, 0.2) is 77.2 Å². The Morgan fingerprint density at radius 2 is 1.69 bits per heavy atom. The summed E-state index contributed by atoms with van der Waals surface area (Å²) in [6, 6.07) is 19.3. The lowest BCUT2D eigenvalue weighted by Crippen LogP contribution is -2.22. The van der Waals surface area contributed by atoms with Crippen molar-refractivity contribution in [2.75, 3.05) is 24.4 Å². The number of halogens is 1. The van der Waals surface area contributed by atoms with Gasteiger partial charge in [-0.1, -0.05) is 30.3 Å². The summed E-state index contributed by atoms with van der Waals surface area (Å²) in [7, 11) is 1.50. The van der Waals surface area contributed by atoms with Crippen LogP contribution in [-0.4, -0.2) is 25.5 Å². The van der Waals surface area contributed by atoms with Crippen LogP contribution >= 0.6 is 0 Å². The zero-order chi connectivity index (χ0) is 22.5. The highest BCUT2D eigenvalue weighted by Gasteiger charge is 2.23. The first-order valence-electron chi connectivity index (χ1n) is 9.69. The second-order valence-electron chi connectivity index (χ2n) is 6.75. The molecule has 8 heteroatoms. The number of methoxy groups -OCH3 is 1. The van der Waals surface area contributed by atoms with Gasteiger partial charge in [-0.05, 0) is 42.5 Å². The van der Waals surface area contributed by atoms with Crippen LogP contribution in [0.1, 0.15) is 10.6 Å². The number of anilines is 2. The van der Waals surface area contributed by atoms with Crippen LogP contribution in [0.2, 0.25) is 0 Å². The average Bonchev–Trinajstić information content (AvgIpc) is 3.16. The number of rotatable bonds is 7. The minimum absolute atomic E-state index is 0.110. The van der Waals surface area contributed by atoms with Crippen LogP contribution in [0.4, 0.5) is 15.8 Å². The normalized spacial score (nSPS) is 10.6. The molecule has 0 atom stereocenters. The van der Waals surface area contributed by atoms with Crippen molar-refractivity contribution in [3.05, 3.63) is 84.4 Å². The van der Waals surface area contributed by atoms with E-state index in [-0.39, 0.29) is 23.7 Å². The zero-order valence-corrected chi connectivity index (χ0v) is 17.1. The van der Waals surface area contributed by atoms with Crippen molar-refractivity contribution < 1.29 is 27.9 Å². The highest BCUT2D eigenvalue weighted by atomic mass is 19.1. The van der Waals surface area contributed by atoms with E-state index in [1.54, 1.807) is 54.6 Å². The highest BCUT2D eigenvalue weighted by Crippen LogP contribution is 2.32. The topological polar surface area (TPSA) is 89.8 Å². The van der Waals surface area contributed by atoms with Crippen molar-refractivity contribution in [3.63, 3.8) is 0 Å². The largest absolute Gasteiger partial charge is 0.493 e. The van der Waals surface area contributed by atoms with Gasteiger partial charge in [0.25, 0.3) is 11.8 Å². The van der Waals surface area contributed by atoms with Crippen LogP contribution in [0, 0.1) is 5.82 Å². The Kier molecular flexibility index (Phi) is 6.03. The van der Waals surface area contributed by atoms with Crippen molar-refractivity contribution >= 4 is 34.2 Å². The molecule has 1 heterocycles. The van der Waals surface area contributed by atoms with E-state index < -0.39 is 17.6 Å². The molecule has 1 aromatic heterocycles. The van der Waals surface area contributed by atoms with Crippen LogP contribution < -0.4 is 20.1 Å². The minimum Gasteiger partial charge on any atom is -0.493 e. The molecule has 0 aliphatic rings. The van der Waals surface area contributed by atoms with Crippen molar-refractivity contribution in [2.45, 2.75) is 0 Å². The van der Waals surface area contributed by atoms with Gasteiger partial charge in [-0.25, -0.2) is 4.39 Å². The van der Waals surface area contributed by atoms with Gasteiger partial charge in [-0.15, -0.1) is 0 Å². The Labute approximate surface area is 182 Å². The average molecular weight is 434 g/mol. The predicted molar refractivity (Wildman–Crippen MR) is 118 cm³/mol. The Hall–Kier alpha value is -4.33. The SMILES string of the molecule is COc1ccccc1OCC(=O)Nc1c(C(=O)Nc2cccc(F)c2)oc2ccccc12. The molecule has 0 bridgehead atoms. The highest BCUT2D eigenvalue weighted by molar-refractivity contribution is 6.14. The Balaban J connectivity index is 1.56. The van der Waals surface area contributed by atoms with Crippen LogP contribution in [0.3, 0.4) is 0 Å². The zero-order valence-electron chi connectivity index (χ0n) is 17.1. The summed E-state index contributed by atoms with van der Waals surface area (Å²) < 4.78 is 29.9. The van der Waals surface area contributed by atoms with Gasteiger partial charge in [-0.2, -0.15) is 0 Å². The molecule has 0 aliphatic heterocycles. The first-order chi connectivity index (χ1) is 15.5.